The molecule has 2 aromatic heterocycles. The van der Waals surface area contributed by atoms with Crippen molar-refractivity contribution in [1.82, 2.24) is 14.6 Å². The maximum Gasteiger partial charge on any atom is 0.169 e. The van der Waals surface area contributed by atoms with E-state index in [4.69, 9.17) is 5.26 Å². The summed E-state index contributed by atoms with van der Waals surface area (Å²) < 4.78 is 2.29. The van der Waals surface area contributed by atoms with Crippen LogP contribution in [-0.4, -0.2) is 14.6 Å². The summed E-state index contributed by atoms with van der Waals surface area (Å²) >= 11 is 3.28. The number of fused-ring (bicyclic) bond motifs is 1. The zero-order chi connectivity index (χ0) is 8.55. The largest absolute Gasteiger partial charge is 0.234 e. The van der Waals surface area contributed by atoms with Crippen LogP contribution in [0, 0.1) is 11.3 Å². The summed E-state index contributed by atoms with van der Waals surface area (Å²) in [5.74, 6) is 0. The van der Waals surface area contributed by atoms with Gasteiger partial charge in [-0.25, -0.2) is 9.50 Å². The van der Waals surface area contributed by atoms with E-state index in [1.807, 2.05) is 6.07 Å². The van der Waals surface area contributed by atoms with Crippen LogP contribution in [0.15, 0.2) is 23.1 Å². The van der Waals surface area contributed by atoms with E-state index in [2.05, 4.69) is 26.0 Å². The molecule has 12 heavy (non-hydrogen) atoms. The van der Waals surface area contributed by atoms with Gasteiger partial charge in [0, 0.05) is 12.4 Å². The molecule has 5 heteroatoms. The second-order valence-corrected chi connectivity index (χ2v) is 2.97. The molecule has 0 fully saturated rings. The number of nitriles is 1. The molecular formula is C7H3BrN4. The van der Waals surface area contributed by atoms with Crippen molar-refractivity contribution in [3.63, 3.8) is 0 Å². The Morgan fingerprint density at radius 1 is 1.58 bits per heavy atom. The van der Waals surface area contributed by atoms with Gasteiger partial charge in [-0.15, -0.1) is 0 Å². The Bertz CT molecular complexity index is 468. The Morgan fingerprint density at radius 3 is 3.17 bits per heavy atom. The zero-order valence-electron chi connectivity index (χ0n) is 5.90. The molecule has 0 radical (unpaired) electrons. The van der Waals surface area contributed by atoms with Crippen LogP contribution in [0.2, 0.25) is 0 Å². The summed E-state index contributed by atoms with van der Waals surface area (Å²) in [6.45, 7) is 0. The number of hydrogen-bond acceptors (Lipinski definition) is 3. The number of nitrogens with zero attached hydrogens (tertiary/aromatic N) is 4. The maximum absolute atomic E-state index is 8.66. The van der Waals surface area contributed by atoms with Crippen molar-refractivity contribution in [2.75, 3.05) is 0 Å². The molecule has 0 aliphatic heterocycles. The lowest BCUT2D eigenvalue weighted by Crippen LogP contribution is -1.92. The molecule has 2 aromatic rings. The van der Waals surface area contributed by atoms with E-state index < -0.39 is 0 Å². The van der Waals surface area contributed by atoms with Gasteiger partial charge in [0.1, 0.15) is 6.07 Å². The lowest BCUT2D eigenvalue weighted by Gasteiger charge is -1.95. The van der Waals surface area contributed by atoms with Crippen molar-refractivity contribution in [2.45, 2.75) is 0 Å². The quantitative estimate of drug-likeness (QED) is 0.677. The smallest absolute Gasteiger partial charge is 0.169 e. The average Bonchev–Trinajstić information content (AvgIpc) is 2.53. The van der Waals surface area contributed by atoms with Crippen LogP contribution in [0.5, 0.6) is 0 Å². The minimum Gasteiger partial charge on any atom is -0.234 e. The second kappa shape index (κ2) is 2.57. The molecule has 58 valence electrons. The van der Waals surface area contributed by atoms with Crippen LogP contribution in [-0.2, 0) is 0 Å². The van der Waals surface area contributed by atoms with E-state index in [1.165, 1.54) is 6.20 Å². The van der Waals surface area contributed by atoms with Gasteiger partial charge in [0.25, 0.3) is 0 Å². The molecule has 0 aliphatic carbocycles. The van der Waals surface area contributed by atoms with Gasteiger partial charge in [0.15, 0.2) is 5.65 Å². The lowest BCUT2D eigenvalue weighted by molar-refractivity contribution is 0.927. The Morgan fingerprint density at radius 2 is 2.42 bits per heavy atom. The van der Waals surface area contributed by atoms with Crippen LogP contribution in [0.1, 0.15) is 5.56 Å². The fourth-order valence-corrected chi connectivity index (χ4v) is 1.40. The molecule has 4 nitrogen and oxygen atoms in total. The summed E-state index contributed by atoms with van der Waals surface area (Å²) in [7, 11) is 0. The highest BCUT2D eigenvalue weighted by molar-refractivity contribution is 9.10. The van der Waals surface area contributed by atoms with Gasteiger partial charge in [-0.2, -0.15) is 10.4 Å². The van der Waals surface area contributed by atoms with E-state index in [0.717, 1.165) is 0 Å². The van der Waals surface area contributed by atoms with Crippen LogP contribution in [0.4, 0.5) is 0 Å². The third-order valence-corrected chi connectivity index (χ3v) is 2.27. The van der Waals surface area contributed by atoms with Gasteiger partial charge in [-0.3, -0.25) is 0 Å². The first kappa shape index (κ1) is 7.25. The number of hydrogen-bond donors (Lipinski definition) is 0. The van der Waals surface area contributed by atoms with Gasteiger partial charge in [-0.05, 0) is 15.9 Å². The third kappa shape index (κ3) is 0.889. The molecule has 0 aliphatic rings. The first-order valence-electron chi connectivity index (χ1n) is 3.21. The van der Waals surface area contributed by atoms with Crippen molar-refractivity contribution >= 4 is 21.6 Å². The first-order valence-corrected chi connectivity index (χ1v) is 4.00. The fourth-order valence-electron chi connectivity index (χ4n) is 0.922. The van der Waals surface area contributed by atoms with Gasteiger partial charge >= 0.3 is 0 Å². The van der Waals surface area contributed by atoms with E-state index in [0.29, 0.717) is 15.7 Å². The predicted molar refractivity (Wildman–Crippen MR) is 45.4 cm³/mol. The summed E-state index contributed by atoms with van der Waals surface area (Å²) in [5, 5.41) is 12.6. The summed E-state index contributed by atoms with van der Waals surface area (Å²) in [5.41, 5.74) is 1.16. The van der Waals surface area contributed by atoms with Crippen LogP contribution < -0.4 is 0 Å². The molecule has 0 atom stereocenters. The van der Waals surface area contributed by atoms with Gasteiger partial charge in [0.05, 0.1) is 16.2 Å². The van der Waals surface area contributed by atoms with Gasteiger partial charge in [0.2, 0.25) is 0 Å². The van der Waals surface area contributed by atoms with E-state index in [9.17, 15) is 0 Å². The Labute approximate surface area is 76.6 Å². The molecular weight excluding hydrogens is 220 g/mol. The average molecular weight is 223 g/mol. The molecule has 0 saturated carbocycles. The fraction of sp³-hybridized carbons (Fsp3) is 0. The second-order valence-electron chi connectivity index (χ2n) is 2.18. The Hall–Kier alpha value is -1.41. The normalized spacial score (nSPS) is 10.0. The highest BCUT2D eigenvalue weighted by Crippen LogP contribution is 2.18. The third-order valence-electron chi connectivity index (χ3n) is 1.49. The SMILES string of the molecule is N#Cc1cnn2ccnc2c1Br. The van der Waals surface area contributed by atoms with Gasteiger partial charge in [-0.1, -0.05) is 0 Å². The molecule has 2 rings (SSSR count). The van der Waals surface area contributed by atoms with Crippen LogP contribution in [0.25, 0.3) is 5.65 Å². The van der Waals surface area contributed by atoms with E-state index in [1.54, 1.807) is 16.9 Å². The van der Waals surface area contributed by atoms with E-state index >= 15 is 0 Å². The number of imidazole rings is 1. The molecule has 0 N–H and O–H groups in total. The predicted octanol–water partition coefficient (Wildman–Crippen LogP) is 1.36. The van der Waals surface area contributed by atoms with E-state index in [-0.39, 0.29) is 0 Å². The molecule has 0 saturated heterocycles. The monoisotopic (exact) mass is 222 g/mol. The molecule has 0 bridgehead atoms. The van der Waals surface area contributed by atoms with Crippen molar-refractivity contribution < 1.29 is 0 Å². The van der Waals surface area contributed by atoms with Crippen molar-refractivity contribution in [3.8, 4) is 6.07 Å². The minimum absolute atomic E-state index is 0.494. The topological polar surface area (TPSA) is 54.0 Å². The number of rotatable bonds is 0. The Balaban J connectivity index is 2.89. The number of aromatic nitrogens is 3. The highest BCUT2D eigenvalue weighted by Gasteiger charge is 2.05. The molecule has 0 aromatic carbocycles. The first-order chi connectivity index (χ1) is 5.83. The van der Waals surface area contributed by atoms with Crippen molar-refractivity contribution in [3.05, 3.63) is 28.6 Å². The molecule has 2 heterocycles. The van der Waals surface area contributed by atoms with Crippen molar-refractivity contribution in [1.29, 1.82) is 5.26 Å². The summed E-state index contributed by atoms with van der Waals surface area (Å²) in [4.78, 5) is 4.03. The van der Waals surface area contributed by atoms with Crippen LogP contribution >= 0.6 is 15.9 Å². The molecule has 0 amide bonds. The lowest BCUT2D eigenvalue weighted by atomic mass is 10.3. The number of halogens is 1. The van der Waals surface area contributed by atoms with Gasteiger partial charge < -0.3 is 0 Å². The highest BCUT2D eigenvalue weighted by atomic mass is 79.9. The standard InChI is InChI=1S/C7H3BrN4/c8-6-5(3-9)4-11-12-2-1-10-7(6)12/h1-2,4H. The summed E-state index contributed by atoms with van der Waals surface area (Å²) in [6, 6.07) is 2.01. The Kier molecular flexibility index (Phi) is 1.55. The maximum atomic E-state index is 8.66. The zero-order valence-corrected chi connectivity index (χ0v) is 7.48. The molecule has 0 spiro atoms. The van der Waals surface area contributed by atoms with Crippen LogP contribution in [0.3, 0.4) is 0 Å². The minimum atomic E-state index is 0.494. The van der Waals surface area contributed by atoms with Crippen molar-refractivity contribution in [2.24, 2.45) is 0 Å². The molecule has 0 unspecified atom stereocenters. The summed E-state index contributed by atoms with van der Waals surface area (Å²) in [6.07, 6.45) is 4.86.